The van der Waals surface area contributed by atoms with Gasteiger partial charge in [-0.05, 0) is 18.7 Å². The van der Waals surface area contributed by atoms with Gasteiger partial charge in [0.25, 0.3) is 0 Å². The minimum Gasteiger partial charge on any atom is -0.299 e. The van der Waals surface area contributed by atoms with Crippen LogP contribution in [0, 0.1) is 0 Å². The smallest absolute Gasteiger partial charge is 0.0969 e. The van der Waals surface area contributed by atoms with Crippen molar-refractivity contribution in [2.45, 2.75) is 19.9 Å². The van der Waals surface area contributed by atoms with E-state index in [1.807, 2.05) is 18.2 Å². The zero-order valence-electron chi connectivity index (χ0n) is 10.4. The Balaban J connectivity index is 2.02. The molecular weight excluding hydrogens is 246 g/mol. The number of aromatic amines is 1. The van der Waals surface area contributed by atoms with Crippen molar-refractivity contribution in [1.29, 1.82) is 0 Å². The molecule has 1 aromatic heterocycles. The number of nitrogens with one attached hydrogen (secondary N) is 1. The van der Waals surface area contributed by atoms with Crippen LogP contribution in [0.1, 0.15) is 18.2 Å². The molecule has 0 aliphatic carbocycles. The highest BCUT2D eigenvalue weighted by molar-refractivity contribution is 6.30. The van der Waals surface area contributed by atoms with E-state index in [2.05, 4.69) is 28.1 Å². The molecule has 0 saturated heterocycles. The second kappa shape index (κ2) is 4.75. The summed E-state index contributed by atoms with van der Waals surface area (Å²) >= 11 is 6.05. The summed E-state index contributed by atoms with van der Waals surface area (Å²) in [5.74, 6) is 0. The molecule has 94 valence electrons. The molecule has 0 fully saturated rings. The lowest BCUT2D eigenvalue weighted by Gasteiger charge is -2.25. The van der Waals surface area contributed by atoms with E-state index in [0.29, 0.717) is 0 Å². The Hall–Kier alpha value is -1.32. The molecule has 1 aromatic carbocycles. The normalized spacial score (nSPS) is 15.7. The van der Waals surface area contributed by atoms with Crippen LogP contribution in [0.2, 0.25) is 5.02 Å². The van der Waals surface area contributed by atoms with Gasteiger partial charge >= 0.3 is 0 Å². The highest BCUT2D eigenvalue weighted by Crippen LogP contribution is 2.29. The molecule has 3 nitrogen and oxygen atoms in total. The lowest BCUT2D eigenvalue weighted by atomic mass is 10.0. The van der Waals surface area contributed by atoms with Gasteiger partial charge in [-0.3, -0.25) is 10.00 Å². The van der Waals surface area contributed by atoms with Crippen LogP contribution in [0.15, 0.2) is 24.3 Å². The second-order valence-electron chi connectivity index (χ2n) is 4.66. The van der Waals surface area contributed by atoms with Crippen molar-refractivity contribution in [1.82, 2.24) is 15.1 Å². The first-order valence-electron chi connectivity index (χ1n) is 6.32. The minimum atomic E-state index is 0.757. The molecule has 0 radical (unpaired) electrons. The van der Waals surface area contributed by atoms with E-state index < -0.39 is 0 Å². The molecule has 0 unspecified atom stereocenters. The fraction of sp³-hybridized carbons (Fsp3) is 0.357. The first kappa shape index (κ1) is 11.8. The van der Waals surface area contributed by atoms with Crippen molar-refractivity contribution in [3.8, 4) is 11.3 Å². The number of H-pyrrole nitrogens is 1. The fourth-order valence-electron chi connectivity index (χ4n) is 2.50. The summed E-state index contributed by atoms with van der Waals surface area (Å²) in [6.45, 7) is 5.37. The quantitative estimate of drug-likeness (QED) is 0.901. The third-order valence-electron chi connectivity index (χ3n) is 3.56. The highest BCUT2D eigenvalue weighted by atomic mass is 35.5. The summed E-state index contributed by atoms with van der Waals surface area (Å²) in [7, 11) is 0. The maximum Gasteiger partial charge on any atom is 0.0969 e. The predicted molar refractivity (Wildman–Crippen MR) is 73.7 cm³/mol. The monoisotopic (exact) mass is 261 g/mol. The third kappa shape index (κ3) is 2.04. The zero-order chi connectivity index (χ0) is 12.5. The molecule has 0 bridgehead atoms. The Morgan fingerprint density at radius 2 is 2.33 bits per heavy atom. The molecule has 0 atom stereocenters. The number of fused-ring (bicyclic) bond motifs is 1. The molecule has 0 spiro atoms. The van der Waals surface area contributed by atoms with Gasteiger partial charge in [-0.2, -0.15) is 5.10 Å². The van der Waals surface area contributed by atoms with Crippen LogP contribution >= 0.6 is 11.6 Å². The first-order valence-corrected chi connectivity index (χ1v) is 6.70. The number of hydrogen-bond acceptors (Lipinski definition) is 2. The molecule has 4 heteroatoms. The molecule has 2 aromatic rings. The van der Waals surface area contributed by atoms with Gasteiger partial charge in [-0.15, -0.1) is 0 Å². The number of likely N-dealkylation sites (N-methyl/N-ethyl adjacent to an activating group) is 1. The van der Waals surface area contributed by atoms with Gasteiger partial charge in [0.15, 0.2) is 0 Å². The number of aromatic nitrogens is 2. The molecular formula is C14H16ClN3. The van der Waals surface area contributed by atoms with E-state index in [1.165, 1.54) is 11.3 Å². The Morgan fingerprint density at radius 1 is 1.44 bits per heavy atom. The van der Waals surface area contributed by atoms with E-state index in [-0.39, 0.29) is 0 Å². The highest BCUT2D eigenvalue weighted by Gasteiger charge is 2.21. The summed E-state index contributed by atoms with van der Waals surface area (Å²) in [4.78, 5) is 2.44. The zero-order valence-corrected chi connectivity index (χ0v) is 11.2. The second-order valence-corrected chi connectivity index (χ2v) is 5.09. The molecule has 0 saturated carbocycles. The molecule has 18 heavy (non-hydrogen) atoms. The van der Waals surface area contributed by atoms with Crippen molar-refractivity contribution in [3.63, 3.8) is 0 Å². The van der Waals surface area contributed by atoms with Crippen LogP contribution < -0.4 is 0 Å². The summed E-state index contributed by atoms with van der Waals surface area (Å²) in [6.07, 6.45) is 1.05. The summed E-state index contributed by atoms with van der Waals surface area (Å²) < 4.78 is 0. The van der Waals surface area contributed by atoms with Crippen LogP contribution in [-0.4, -0.2) is 28.2 Å². The number of benzene rings is 1. The van der Waals surface area contributed by atoms with E-state index in [1.54, 1.807) is 0 Å². The topological polar surface area (TPSA) is 31.9 Å². The number of halogens is 1. The van der Waals surface area contributed by atoms with Gasteiger partial charge in [0.1, 0.15) is 0 Å². The molecule has 1 aliphatic rings. The van der Waals surface area contributed by atoms with Crippen molar-refractivity contribution < 1.29 is 0 Å². The number of rotatable bonds is 2. The predicted octanol–water partition coefficient (Wildman–Crippen LogP) is 3.11. The van der Waals surface area contributed by atoms with E-state index in [4.69, 9.17) is 11.6 Å². The maximum absolute atomic E-state index is 6.05. The van der Waals surface area contributed by atoms with Crippen LogP contribution in [0.25, 0.3) is 11.3 Å². The van der Waals surface area contributed by atoms with Crippen LogP contribution in [0.3, 0.4) is 0 Å². The van der Waals surface area contributed by atoms with E-state index in [0.717, 1.165) is 42.3 Å². The Kier molecular flexibility index (Phi) is 3.10. The number of nitrogens with zero attached hydrogens (tertiary/aromatic N) is 2. The minimum absolute atomic E-state index is 0.757. The lowest BCUT2D eigenvalue weighted by molar-refractivity contribution is 0.267. The van der Waals surface area contributed by atoms with Crippen LogP contribution in [-0.2, 0) is 13.0 Å². The van der Waals surface area contributed by atoms with Crippen LogP contribution in [0.5, 0.6) is 0 Å². The Morgan fingerprint density at radius 3 is 3.11 bits per heavy atom. The number of hydrogen-bond donors (Lipinski definition) is 1. The van der Waals surface area contributed by atoms with E-state index >= 15 is 0 Å². The van der Waals surface area contributed by atoms with Crippen molar-refractivity contribution in [2.75, 3.05) is 13.1 Å². The third-order valence-corrected chi connectivity index (χ3v) is 3.79. The summed E-state index contributed by atoms with van der Waals surface area (Å²) in [5.41, 5.74) is 4.74. The lowest BCUT2D eigenvalue weighted by Crippen LogP contribution is -2.30. The first-order chi connectivity index (χ1) is 8.78. The van der Waals surface area contributed by atoms with Gasteiger partial charge in [-0.25, -0.2) is 0 Å². The average Bonchev–Trinajstić information content (AvgIpc) is 2.81. The van der Waals surface area contributed by atoms with Crippen molar-refractivity contribution >= 4 is 11.6 Å². The molecule has 0 amide bonds. The van der Waals surface area contributed by atoms with Crippen molar-refractivity contribution in [3.05, 3.63) is 40.5 Å². The molecule has 1 N–H and O–H groups in total. The van der Waals surface area contributed by atoms with Gasteiger partial charge < -0.3 is 0 Å². The van der Waals surface area contributed by atoms with Crippen molar-refractivity contribution in [2.24, 2.45) is 0 Å². The summed E-state index contributed by atoms with van der Waals surface area (Å²) in [5, 5.41) is 8.39. The van der Waals surface area contributed by atoms with Crippen LogP contribution in [0.4, 0.5) is 0 Å². The van der Waals surface area contributed by atoms with Gasteiger partial charge in [0.2, 0.25) is 0 Å². The van der Waals surface area contributed by atoms with Gasteiger partial charge in [0.05, 0.1) is 5.69 Å². The van der Waals surface area contributed by atoms with Gasteiger partial charge in [0, 0.05) is 41.4 Å². The van der Waals surface area contributed by atoms with Gasteiger partial charge in [-0.1, -0.05) is 30.7 Å². The molecule has 1 aliphatic heterocycles. The largest absolute Gasteiger partial charge is 0.299 e. The standard InChI is InChI=1S/C14H16ClN3/c1-2-18-7-6-13-12(9-18)14(17-16-13)10-4-3-5-11(15)8-10/h3-5,8H,2,6-7,9H2,1H3,(H,16,17). The fourth-order valence-corrected chi connectivity index (χ4v) is 2.69. The molecule has 3 rings (SSSR count). The summed E-state index contributed by atoms with van der Waals surface area (Å²) in [6, 6.07) is 7.90. The maximum atomic E-state index is 6.05. The average molecular weight is 262 g/mol. The Bertz CT molecular complexity index is 562. The molecule has 2 heterocycles. The SMILES string of the molecule is CCN1CCc2[nH]nc(-c3cccc(Cl)c3)c2C1. The Labute approximate surface area is 112 Å². The van der Waals surface area contributed by atoms with E-state index in [9.17, 15) is 0 Å².